The molecular weight excluding hydrogens is 214 g/mol. The van der Waals surface area contributed by atoms with Crippen molar-refractivity contribution in [2.45, 2.75) is 31.7 Å². The molecule has 1 N–H and O–H groups in total. The third-order valence-corrected chi connectivity index (χ3v) is 4.48. The lowest BCUT2D eigenvalue weighted by Crippen LogP contribution is -2.39. The maximum absolute atomic E-state index is 3.70. The zero-order valence-electron chi connectivity index (χ0n) is 10.2. The molecule has 1 aromatic rings. The van der Waals surface area contributed by atoms with E-state index in [-0.39, 0.29) is 5.41 Å². The van der Waals surface area contributed by atoms with Gasteiger partial charge in [0.1, 0.15) is 0 Å². The van der Waals surface area contributed by atoms with Crippen LogP contribution < -0.4 is 5.32 Å². The summed E-state index contributed by atoms with van der Waals surface area (Å²) in [5.41, 5.74) is 1.65. The van der Waals surface area contributed by atoms with Crippen molar-refractivity contribution in [1.82, 2.24) is 5.32 Å². The monoisotopic (exact) mass is 235 g/mol. The molecule has 0 aliphatic carbocycles. The lowest BCUT2D eigenvalue weighted by molar-refractivity contribution is 0.432. The Bertz CT molecular complexity index is 315. The molecule has 16 heavy (non-hydrogen) atoms. The molecule has 1 atom stereocenters. The summed E-state index contributed by atoms with van der Waals surface area (Å²) in [6, 6.07) is 11.5. The number of rotatable bonds is 4. The van der Waals surface area contributed by atoms with Gasteiger partial charge in [-0.1, -0.05) is 44.2 Å². The molecule has 1 saturated heterocycles. The molecule has 1 nitrogen and oxygen atoms in total. The van der Waals surface area contributed by atoms with Crippen LogP contribution in [0.4, 0.5) is 0 Å². The van der Waals surface area contributed by atoms with Gasteiger partial charge in [0.25, 0.3) is 0 Å². The highest BCUT2D eigenvalue weighted by Crippen LogP contribution is 2.23. The molecule has 1 aliphatic heterocycles. The van der Waals surface area contributed by atoms with Crippen molar-refractivity contribution in [2.75, 3.05) is 18.1 Å². The Hall–Kier alpha value is -0.470. The highest BCUT2D eigenvalue weighted by Gasteiger charge is 2.23. The van der Waals surface area contributed by atoms with Crippen LogP contribution in [0.3, 0.4) is 0 Å². The van der Waals surface area contributed by atoms with E-state index < -0.39 is 0 Å². The fourth-order valence-electron chi connectivity index (χ4n) is 2.09. The van der Waals surface area contributed by atoms with Crippen LogP contribution >= 0.6 is 11.8 Å². The summed E-state index contributed by atoms with van der Waals surface area (Å²) in [4.78, 5) is 0. The SMILES string of the molecule is CC(C)(CNC1CCSC1)c1ccccc1. The first-order chi connectivity index (χ1) is 7.68. The highest BCUT2D eigenvalue weighted by molar-refractivity contribution is 7.99. The maximum atomic E-state index is 3.70. The van der Waals surface area contributed by atoms with Crippen LogP contribution in [0.15, 0.2) is 30.3 Å². The molecule has 0 aromatic heterocycles. The van der Waals surface area contributed by atoms with Gasteiger partial charge in [0.05, 0.1) is 0 Å². The molecule has 2 heteroatoms. The molecule has 1 aromatic carbocycles. The normalized spacial score (nSPS) is 21.2. The van der Waals surface area contributed by atoms with Gasteiger partial charge in [-0.15, -0.1) is 0 Å². The minimum atomic E-state index is 0.231. The molecule has 0 radical (unpaired) electrons. The lowest BCUT2D eigenvalue weighted by atomic mass is 9.84. The zero-order chi connectivity index (χ0) is 11.4. The second kappa shape index (κ2) is 5.24. The van der Waals surface area contributed by atoms with E-state index in [0.29, 0.717) is 0 Å². The molecule has 1 unspecified atom stereocenters. The third kappa shape index (κ3) is 3.02. The molecule has 0 spiro atoms. The van der Waals surface area contributed by atoms with Crippen molar-refractivity contribution >= 4 is 11.8 Å². The van der Waals surface area contributed by atoms with Gasteiger partial charge in [-0.05, 0) is 17.7 Å². The molecule has 0 saturated carbocycles. The molecule has 1 heterocycles. The van der Waals surface area contributed by atoms with Crippen molar-refractivity contribution in [3.05, 3.63) is 35.9 Å². The van der Waals surface area contributed by atoms with E-state index in [9.17, 15) is 0 Å². The van der Waals surface area contributed by atoms with Crippen LogP contribution in [0.5, 0.6) is 0 Å². The topological polar surface area (TPSA) is 12.0 Å². The van der Waals surface area contributed by atoms with E-state index in [0.717, 1.165) is 12.6 Å². The molecular formula is C14H21NS. The smallest absolute Gasteiger partial charge is 0.0166 e. The van der Waals surface area contributed by atoms with E-state index in [1.807, 2.05) is 0 Å². The Morgan fingerprint density at radius 2 is 2.06 bits per heavy atom. The van der Waals surface area contributed by atoms with Gasteiger partial charge in [0.2, 0.25) is 0 Å². The third-order valence-electron chi connectivity index (χ3n) is 3.32. The first kappa shape index (κ1) is 12.0. The standard InChI is InChI=1S/C14H21NS/c1-14(2,12-6-4-3-5-7-12)11-15-13-8-9-16-10-13/h3-7,13,15H,8-11H2,1-2H3. The summed E-state index contributed by atoms with van der Waals surface area (Å²) >= 11 is 2.07. The quantitative estimate of drug-likeness (QED) is 0.861. The number of hydrogen-bond acceptors (Lipinski definition) is 2. The first-order valence-corrected chi connectivity index (χ1v) is 7.21. The summed E-state index contributed by atoms with van der Waals surface area (Å²) in [5, 5.41) is 3.70. The van der Waals surface area contributed by atoms with Gasteiger partial charge in [-0.3, -0.25) is 0 Å². The van der Waals surface area contributed by atoms with E-state index in [1.54, 1.807) is 0 Å². The number of nitrogens with one attached hydrogen (secondary N) is 1. The Morgan fingerprint density at radius 1 is 1.31 bits per heavy atom. The van der Waals surface area contributed by atoms with Crippen LogP contribution in [0.25, 0.3) is 0 Å². The fraction of sp³-hybridized carbons (Fsp3) is 0.571. The average molecular weight is 235 g/mol. The van der Waals surface area contributed by atoms with Crippen molar-refractivity contribution in [3.8, 4) is 0 Å². The molecule has 2 rings (SSSR count). The number of thioether (sulfide) groups is 1. The lowest BCUT2D eigenvalue weighted by Gasteiger charge is -2.27. The minimum absolute atomic E-state index is 0.231. The number of hydrogen-bond donors (Lipinski definition) is 1. The number of benzene rings is 1. The highest BCUT2D eigenvalue weighted by atomic mass is 32.2. The van der Waals surface area contributed by atoms with Gasteiger partial charge in [0.15, 0.2) is 0 Å². The van der Waals surface area contributed by atoms with Gasteiger partial charge < -0.3 is 5.32 Å². The maximum Gasteiger partial charge on any atom is 0.0166 e. The second-order valence-corrected chi connectivity index (χ2v) is 6.34. The van der Waals surface area contributed by atoms with Crippen molar-refractivity contribution in [2.24, 2.45) is 0 Å². The Balaban J connectivity index is 1.92. The second-order valence-electron chi connectivity index (χ2n) is 5.19. The van der Waals surface area contributed by atoms with E-state index in [1.165, 1.54) is 23.5 Å². The van der Waals surface area contributed by atoms with Crippen molar-refractivity contribution < 1.29 is 0 Å². The summed E-state index contributed by atoms with van der Waals surface area (Å²) in [5.74, 6) is 2.61. The predicted molar refractivity (Wildman–Crippen MR) is 73.2 cm³/mol. The van der Waals surface area contributed by atoms with Crippen LogP contribution in [0.2, 0.25) is 0 Å². The first-order valence-electron chi connectivity index (χ1n) is 6.05. The van der Waals surface area contributed by atoms with E-state index in [4.69, 9.17) is 0 Å². The van der Waals surface area contributed by atoms with Gasteiger partial charge >= 0.3 is 0 Å². The Labute approximate surface area is 103 Å². The largest absolute Gasteiger partial charge is 0.312 e. The predicted octanol–water partition coefficient (Wildman–Crippen LogP) is 3.06. The van der Waals surface area contributed by atoms with Gasteiger partial charge in [-0.2, -0.15) is 11.8 Å². The fourth-order valence-corrected chi connectivity index (χ4v) is 3.27. The van der Waals surface area contributed by atoms with E-state index in [2.05, 4.69) is 61.3 Å². The molecule has 1 fully saturated rings. The van der Waals surface area contributed by atoms with Crippen LogP contribution in [0.1, 0.15) is 25.8 Å². The molecule has 0 amide bonds. The summed E-state index contributed by atoms with van der Waals surface area (Å²) in [7, 11) is 0. The zero-order valence-corrected chi connectivity index (χ0v) is 11.0. The Kier molecular flexibility index (Phi) is 3.93. The van der Waals surface area contributed by atoms with Gasteiger partial charge in [0, 0.05) is 23.8 Å². The minimum Gasteiger partial charge on any atom is -0.312 e. The van der Waals surface area contributed by atoms with Crippen molar-refractivity contribution in [3.63, 3.8) is 0 Å². The van der Waals surface area contributed by atoms with Crippen molar-refractivity contribution in [1.29, 1.82) is 0 Å². The molecule has 0 bridgehead atoms. The summed E-state index contributed by atoms with van der Waals surface area (Å²) in [6.45, 7) is 5.71. The average Bonchev–Trinajstić information content (AvgIpc) is 2.81. The Morgan fingerprint density at radius 3 is 2.69 bits per heavy atom. The van der Waals surface area contributed by atoms with Gasteiger partial charge in [-0.25, -0.2) is 0 Å². The summed E-state index contributed by atoms with van der Waals surface area (Å²) < 4.78 is 0. The van der Waals surface area contributed by atoms with Crippen LogP contribution in [-0.4, -0.2) is 24.1 Å². The van der Waals surface area contributed by atoms with E-state index >= 15 is 0 Å². The van der Waals surface area contributed by atoms with Crippen LogP contribution in [0, 0.1) is 0 Å². The van der Waals surface area contributed by atoms with Crippen LogP contribution in [-0.2, 0) is 5.41 Å². The molecule has 1 aliphatic rings. The molecule has 88 valence electrons. The summed E-state index contributed by atoms with van der Waals surface area (Å²) in [6.07, 6.45) is 1.33.